The summed E-state index contributed by atoms with van der Waals surface area (Å²) in [7, 11) is 0. The maximum absolute atomic E-state index is 6.02. The fraction of sp³-hybridized carbons (Fsp3) is 0.294. The summed E-state index contributed by atoms with van der Waals surface area (Å²) in [5.41, 5.74) is 14.3. The van der Waals surface area contributed by atoms with Crippen LogP contribution in [0.15, 0.2) is 30.3 Å². The monoisotopic (exact) mass is 254 g/mol. The Balaban J connectivity index is 2.16. The molecule has 3 N–H and O–H groups in total. The van der Waals surface area contributed by atoms with Crippen LogP contribution in [0.2, 0.25) is 0 Å². The Bertz CT molecular complexity index is 600. The zero-order valence-corrected chi connectivity index (χ0v) is 12.2. The lowest BCUT2D eigenvalue weighted by atomic mass is 10.0. The molecule has 0 fully saturated rings. The predicted octanol–water partition coefficient (Wildman–Crippen LogP) is 4.11. The smallest absolute Gasteiger partial charge is 0.0576 e. The van der Waals surface area contributed by atoms with Crippen LogP contribution in [0.3, 0.4) is 0 Å². The highest BCUT2D eigenvalue weighted by Crippen LogP contribution is 2.22. The summed E-state index contributed by atoms with van der Waals surface area (Å²) in [5, 5.41) is 3.42. The van der Waals surface area contributed by atoms with Gasteiger partial charge < -0.3 is 11.1 Å². The Morgan fingerprint density at radius 2 is 1.58 bits per heavy atom. The van der Waals surface area contributed by atoms with Gasteiger partial charge in [0, 0.05) is 6.54 Å². The van der Waals surface area contributed by atoms with Crippen molar-refractivity contribution in [3.8, 4) is 0 Å². The Morgan fingerprint density at radius 3 is 2.26 bits per heavy atom. The van der Waals surface area contributed by atoms with E-state index in [4.69, 9.17) is 5.73 Å². The molecule has 2 heteroatoms. The van der Waals surface area contributed by atoms with Crippen LogP contribution in [-0.4, -0.2) is 0 Å². The molecule has 2 aromatic carbocycles. The molecule has 0 radical (unpaired) electrons. The van der Waals surface area contributed by atoms with E-state index in [2.05, 4.69) is 44.3 Å². The number of aryl methyl sites for hydroxylation is 4. The molecule has 0 unspecified atom stereocenters. The van der Waals surface area contributed by atoms with Crippen molar-refractivity contribution in [2.45, 2.75) is 34.2 Å². The van der Waals surface area contributed by atoms with Crippen molar-refractivity contribution in [3.63, 3.8) is 0 Å². The highest BCUT2D eigenvalue weighted by molar-refractivity contribution is 5.67. The van der Waals surface area contributed by atoms with E-state index < -0.39 is 0 Å². The maximum Gasteiger partial charge on any atom is 0.0576 e. The minimum atomic E-state index is 0.806. The number of nitrogens with two attached hydrogens (primary N) is 1. The number of hydrogen-bond acceptors (Lipinski definition) is 2. The van der Waals surface area contributed by atoms with Gasteiger partial charge in [0.15, 0.2) is 0 Å². The normalized spacial score (nSPS) is 10.5. The van der Waals surface area contributed by atoms with Gasteiger partial charge in [-0.3, -0.25) is 0 Å². The van der Waals surface area contributed by atoms with Gasteiger partial charge in [-0.05, 0) is 67.6 Å². The van der Waals surface area contributed by atoms with Crippen molar-refractivity contribution in [1.82, 2.24) is 0 Å². The quantitative estimate of drug-likeness (QED) is 0.809. The first-order valence-electron chi connectivity index (χ1n) is 6.64. The minimum Gasteiger partial charge on any atom is -0.397 e. The second-order valence-electron chi connectivity index (χ2n) is 5.31. The third-order valence-corrected chi connectivity index (χ3v) is 3.63. The lowest BCUT2D eigenvalue weighted by molar-refractivity contribution is 1.10. The molecular weight excluding hydrogens is 232 g/mol. The van der Waals surface area contributed by atoms with E-state index in [0.717, 1.165) is 17.9 Å². The second-order valence-corrected chi connectivity index (χ2v) is 5.31. The van der Waals surface area contributed by atoms with Crippen molar-refractivity contribution < 1.29 is 0 Å². The van der Waals surface area contributed by atoms with E-state index >= 15 is 0 Å². The minimum absolute atomic E-state index is 0.806. The summed E-state index contributed by atoms with van der Waals surface area (Å²) in [5.74, 6) is 0. The average molecular weight is 254 g/mol. The first-order valence-corrected chi connectivity index (χ1v) is 6.64. The summed E-state index contributed by atoms with van der Waals surface area (Å²) in [6.07, 6.45) is 0. The molecule has 2 nitrogen and oxygen atoms in total. The SMILES string of the molecule is Cc1ccc(NCc2cc(C)c(C)cc2C)c(N)c1. The van der Waals surface area contributed by atoms with Gasteiger partial charge in [-0.15, -0.1) is 0 Å². The van der Waals surface area contributed by atoms with E-state index in [0.29, 0.717) is 0 Å². The predicted molar refractivity (Wildman–Crippen MR) is 83.6 cm³/mol. The lowest BCUT2D eigenvalue weighted by Gasteiger charge is -2.13. The fourth-order valence-corrected chi connectivity index (χ4v) is 2.24. The molecule has 19 heavy (non-hydrogen) atoms. The third-order valence-electron chi connectivity index (χ3n) is 3.63. The van der Waals surface area contributed by atoms with Crippen LogP contribution >= 0.6 is 0 Å². The summed E-state index contributed by atoms with van der Waals surface area (Å²) in [4.78, 5) is 0. The molecule has 0 saturated carbocycles. The molecule has 0 aliphatic carbocycles. The maximum atomic E-state index is 6.02. The molecule has 2 aromatic rings. The molecule has 0 saturated heterocycles. The van der Waals surface area contributed by atoms with E-state index in [9.17, 15) is 0 Å². The summed E-state index contributed by atoms with van der Waals surface area (Å²) >= 11 is 0. The lowest BCUT2D eigenvalue weighted by Crippen LogP contribution is -2.04. The van der Waals surface area contributed by atoms with Gasteiger partial charge in [0.05, 0.1) is 11.4 Å². The second kappa shape index (κ2) is 5.35. The van der Waals surface area contributed by atoms with Gasteiger partial charge >= 0.3 is 0 Å². The van der Waals surface area contributed by atoms with Crippen LogP contribution in [0.4, 0.5) is 11.4 Å². The van der Waals surface area contributed by atoms with Gasteiger partial charge in [0.25, 0.3) is 0 Å². The molecule has 0 atom stereocenters. The van der Waals surface area contributed by atoms with Crippen LogP contribution in [0, 0.1) is 27.7 Å². The summed E-state index contributed by atoms with van der Waals surface area (Å²) in [6.45, 7) is 9.31. The van der Waals surface area contributed by atoms with E-state index in [1.165, 1.54) is 27.8 Å². The van der Waals surface area contributed by atoms with Crippen molar-refractivity contribution in [2.75, 3.05) is 11.1 Å². The number of hydrogen-bond donors (Lipinski definition) is 2. The molecule has 2 rings (SSSR count). The van der Waals surface area contributed by atoms with Crippen molar-refractivity contribution in [3.05, 3.63) is 58.1 Å². The van der Waals surface area contributed by atoms with Crippen LogP contribution < -0.4 is 11.1 Å². The molecular formula is C17H22N2. The first-order chi connectivity index (χ1) is 8.97. The first kappa shape index (κ1) is 13.5. The zero-order valence-electron chi connectivity index (χ0n) is 12.2. The molecule has 0 aromatic heterocycles. The number of anilines is 2. The Kier molecular flexibility index (Phi) is 3.79. The van der Waals surface area contributed by atoms with Gasteiger partial charge in [0.1, 0.15) is 0 Å². The highest BCUT2D eigenvalue weighted by Gasteiger charge is 2.03. The number of nitrogen functional groups attached to an aromatic ring is 1. The molecule has 0 spiro atoms. The van der Waals surface area contributed by atoms with Crippen LogP contribution in [0.5, 0.6) is 0 Å². The van der Waals surface area contributed by atoms with Crippen LogP contribution in [-0.2, 0) is 6.54 Å². The van der Waals surface area contributed by atoms with E-state index in [-0.39, 0.29) is 0 Å². The molecule has 0 heterocycles. The largest absolute Gasteiger partial charge is 0.397 e. The average Bonchev–Trinajstić information content (AvgIpc) is 2.34. The van der Waals surface area contributed by atoms with E-state index in [1.807, 2.05) is 19.1 Å². The highest BCUT2D eigenvalue weighted by atomic mass is 14.9. The van der Waals surface area contributed by atoms with Gasteiger partial charge in [-0.2, -0.15) is 0 Å². The Labute approximate surface area is 115 Å². The number of nitrogens with one attached hydrogen (secondary N) is 1. The van der Waals surface area contributed by atoms with Gasteiger partial charge in [-0.1, -0.05) is 18.2 Å². The van der Waals surface area contributed by atoms with Crippen molar-refractivity contribution in [2.24, 2.45) is 0 Å². The molecule has 0 amide bonds. The third kappa shape index (κ3) is 3.08. The number of benzene rings is 2. The van der Waals surface area contributed by atoms with Crippen LogP contribution in [0.25, 0.3) is 0 Å². The van der Waals surface area contributed by atoms with Crippen molar-refractivity contribution >= 4 is 11.4 Å². The van der Waals surface area contributed by atoms with Crippen molar-refractivity contribution in [1.29, 1.82) is 0 Å². The van der Waals surface area contributed by atoms with E-state index in [1.54, 1.807) is 0 Å². The summed E-state index contributed by atoms with van der Waals surface area (Å²) < 4.78 is 0. The van der Waals surface area contributed by atoms with Gasteiger partial charge in [0.2, 0.25) is 0 Å². The zero-order chi connectivity index (χ0) is 14.0. The van der Waals surface area contributed by atoms with Gasteiger partial charge in [-0.25, -0.2) is 0 Å². The molecule has 0 aliphatic rings. The Morgan fingerprint density at radius 1 is 0.895 bits per heavy atom. The standard InChI is InChI=1S/C17H22N2/c1-11-5-6-17(16(18)7-11)19-10-15-9-13(3)12(2)8-14(15)4/h5-9,19H,10,18H2,1-4H3. The molecule has 0 aliphatic heterocycles. The summed E-state index contributed by atoms with van der Waals surface area (Å²) in [6, 6.07) is 10.6. The van der Waals surface area contributed by atoms with Crippen LogP contribution in [0.1, 0.15) is 27.8 Å². The topological polar surface area (TPSA) is 38.0 Å². The molecule has 100 valence electrons. The molecule has 0 bridgehead atoms. The fourth-order valence-electron chi connectivity index (χ4n) is 2.24. The number of rotatable bonds is 3. The Hall–Kier alpha value is -1.96.